The van der Waals surface area contributed by atoms with Gasteiger partial charge in [-0.3, -0.25) is 0 Å². The van der Waals surface area contributed by atoms with Crippen molar-refractivity contribution < 1.29 is 33.2 Å². The maximum absolute atomic E-state index is 6.33. The monoisotopic (exact) mass is 1500 g/mol. The fourth-order valence-corrected chi connectivity index (χ4v) is 16.5. The number of fused-ring (bicyclic) bond motifs is 12. The number of hydrogen-bond acceptors (Lipinski definition) is 7. The van der Waals surface area contributed by atoms with Crippen molar-refractivity contribution >= 4 is 10.8 Å². The summed E-state index contributed by atoms with van der Waals surface area (Å²) in [4.78, 5) is 0. The van der Waals surface area contributed by atoms with Crippen molar-refractivity contribution in [1.82, 2.24) is 0 Å². The minimum Gasteiger partial charge on any atom is -0.371 e. The van der Waals surface area contributed by atoms with Crippen molar-refractivity contribution in [3.05, 3.63) is 333 Å². The Morgan fingerprint density at radius 1 is 0.250 bits per heavy atom. The molecule has 0 aromatic heterocycles. The molecule has 8 unspecified atom stereocenters. The van der Waals surface area contributed by atoms with E-state index in [0.29, 0.717) is 48.5 Å². The fraction of sp³-hybridized carbons (Fsp3) is 0.390. The van der Waals surface area contributed by atoms with Crippen LogP contribution in [0.4, 0.5) is 0 Å². The highest BCUT2D eigenvalue weighted by Crippen LogP contribution is 2.49. The molecule has 0 saturated heterocycles. The molecule has 7 aliphatic carbocycles. The molecule has 586 valence electrons. The number of benzene rings is 11. The van der Waals surface area contributed by atoms with Crippen LogP contribution >= 0.6 is 0 Å². The lowest BCUT2D eigenvalue weighted by Crippen LogP contribution is -2.18. The SMILES string of the molecule is CC(C)C(C)OC1CCc2ccccc21.CC(C)C(C)OC1c2ccccc2-c2ccccc21.CC(C)OC1CCc2ccccc21.CC(C)OC1Cc2cccc3cccc1c23.CC(C)OC1c2ccccc2-c2ccccc21.CCC(C)OC1CCc2ccccc21.CCC(C)OC1c2ccccc2-c2ccccc21. The van der Waals surface area contributed by atoms with Gasteiger partial charge in [0.2, 0.25) is 0 Å². The summed E-state index contributed by atoms with van der Waals surface area (Å²) in [6.07, 6.45) is 13.8. The lowest BCUT2D eigenvalue weighted by Gasteiger charge is -2.23. The van der Waals surface area contributed by atoms with Gasteiger partial charge in [-0.05, 0) is 254 Å². The van der Waals surface area contributed by atoms with Crippen molar-refractivity contribution in [3.63, 3.8) is 0 Å². The molecule has 7 nitrogen and oxygen atoms in total. The Labute approximate surface area is 671 Å². The Hall–Kier alpha value is -8.60. The molecule has 11 aromatic carbocycles. The van der Waals surface area contributed by atoms with Gasteiger partial charge in [-0.1, -0.05) is 296 Å². The van der Waals surface area contributed by atoms with E-state index in [-0.39, 0.29) is 48.8 Å². The molecule has 0 aliphatic heterocycles. The molecule has 7 heteroatoms. The van der Waals surface area contributed by atoms with Gasteiger partial charge >= 0.3 is 0 Å². The number of aryl methyl sites for hydroxylation is 3. The Bertz CT molecular complexity index is 4670. The zero-order chi connectivity index (χ0) is 79.0. The van der Waals surface area contributed by atoms with Crippen LogP contribution in [0.3, 0.4) is 0 Å². The van der Waals surface area contributed by atoms with Crippen molar-refractivity contribution in [2.45, 2.75) is 254 Å². The number of hydrogen-bond donors (Lipinski definition) is 0. The second kappa shape index (κ2) is 39.4. The van der Waals surface area contributed by atoms with E-state index >= 15 is 0 Å². The maximum Gasteiger partial charge on any atom is 0.109 e. The Morgan fingerprint density at radius 3 is 0.893 bits per heavy atom. The van der Waals surface area contributed by atoms with Gasteiger partial charge < -0.3 is 33.2 Å². The molecule has 11 aromatic rings. The van der Waals surface area contributed by atoms with E-state index in [0.717, 1.165) is 38.5 Å². The third-order valence-electron chi connectivity index (χ3n) is 23.1. The fourth-order valence-electron chi connectivity index (χ4n) is 16.5. The van der Waals surface area contributed by atoms with E-state index in [1.807, 2.05) is 0 Å². The molecule has 0 bridgehead atoms. The van der Waals surface area contributed by atoms with E-state index in [1.54, 1.807) is 0 Å². The molecule has 8 atom stereocenters. The van der Waals surface area contributed by atoms with E-state index in [1.165, 1.54) is 141 Å². The van der Waals surface area contributed by atoms with Crippen molar-refractivity contribution in [3.8, 4) is 33.4 Å². The molecule has 0 fully saturated rings. The standard InChI is InChI=1S/C18H20O.C17H18O.C16H16O.C15H16O.C14H20O.C13H18O.C12H16O/c1-12(2)13(3)19-18-16-10-6-4-8-14(16)15-9-5-7-11-17(15)18;1-3-12(2)18-17-15-10-6-4-8-13(15)14-9-5-7-11-16(14)17;1-11(2)17-16-14-9-5-3-7-12(14)13-8-4-6-10-15(13)16;1-10(2)16-14-9-12-7-3-5-11-6-4-8-13(14)15(11)12;1-10(2)11(3)15-14-9-8-12-6-4-5-7-13(12)14;1-3-10(2)14-13-9-8-11-6-4-5-7-12(11)13;1-9(2)13-12-8-7-10-5-3-4-6-11(10)12/h4-13,18H,1-3H3;4-12,17H,3H2,1-2H3;3-11,16H,1-2H3;3-8,10,14H,9H2,1-2H3;4-7,10-11,14H,8-9H2,1-3H3;4-7,10,13H,3,8-9H2,1-2H3;3-6,9,12H,7-8H2,1-2H3. The third kappa shape index (κ3) is 20.1. The van der Waals surface area contributed by atoms with Gasteiger partial charge in [-0.2, -0.15) is 0 Å². The first-order chi connectivity index (χ1) is 54.3. The first-order valence-corrected chi connectivity index (χ1v) is 42.1. The normalized spacial score (nSPS) is 17.9. The topological polar surface area (TPSA) is 64.6 Å². The second-order valence-corrected chi connectivity index (χ2v) is 32.8. The zero-order valence-electron chi connectivity index (χ0n) is 69.7. The van der Waals surface area contributed by atoms with Crippen LogP contribution in [0.1, 0.15) is 263 Å². The average Bonchev–Trinajstić information content (AvgIpc) is 1.63. The van der Waals surface area contributed by atoms with Crippen LogP contribution in [-0.2, 0) is 58.8 Å². The van der Waals surface area contributed by atoms with Crippen LogP contribution in [0, 0.1) is 11.8 Å². The van der Waals surface area contributed by atoms with Crippen LogP contribution < -0.4 is 0 Å². The van der Waals surface area contributed by atoms with Gasteiger partial charge in [0.05, 0.1) is 67.1 Å². The smallest absolute Gasteiger partial charge is 0.109 e. The zero-order valence-corrected chi connectivity index (χ0v) is 69.7. The summed E-state index contributed by atoms with van der Waals surface area (Å²) >= 11 is 0. The maximum atomic E-state index is 6.33. The van der Waals surface area contributed by atoms with E-state index in [2.05, 4.69) is 366 Å². The molecule has 0 radical (unpaired) electrons. The van der Waals surface area contributed by atoms with Crippen LogP contribution in [-0.4, -0.2) is 42.7 Å². The summed E-state index contributed by atoms with van der Waals surface area (Å²) in [5.41, 5.74) is 27.1. The van der Waals surface area contributed by atoms with Crippen LogP contribution in [0.15, 0.2) is 255 Å². The summed E-state index contributed by atoms with van der Waals surface area (Å²) in [5, 5.41) is 2.75. The molecular formula is C105H124O7. The van der Waals surface area contributed by atoms with Crippen molar-refractivity contribution in [1.29, 1.82) is 0 Å². The predicted octanol–water partition coefficient (Wildman–Crippen LogP) is 27.8. The van der Waals surface area contributed by atoms with Crippen molar-refractivity contribution in [2.24, 2.45) is 11.8 Å². The average molecular weight is 1500 g/mol. The summed E-state index contributed by atoms with van der Waals surface area (Å²) in [5.74, 6) is 1.12. The van der Waals surface area contributed by atoms with Crippen LogP contribution in [0.25, 0.3) is 44.2 Å². The molecule has 0 heterocycles. The van der Waals surface area contributed by atoms with Gasteiger partial charge in [0, 0.05) is 6.42 Å². The highest BCUT2D eigenvalue weighted by Gasteiger charge is 2.34. The first-order valence-electron chi connectivity index (χ1n) is 42.1. The molecular weight excluding hydrogens is 1370 g/mol. The van der Waals surface area contributed by atoms with Gasteiger partial charge in [-0.25, -0.2) is 0 Å². The second-order valence-electron chi connectivity index (χ2n) is 32.8. The van der Waals surface area contributed by atoms with Gasteiger partial charge in [0.15, 0.2) is 0 Å². The minimum absolute atomic E-state index is 0.0878. The molecule has 0 spiro atoms. The van der Waals surface area contributed by atoms with Crippen molar-refractivity contribution in [2.75, 3.05) is 0 Å². The van der Waals surface area contributed by atoms with Gasteiger partial charge in [0.25, 0.3) is 0 Å². The number of rotatable bonds is 18. The lowest BCUT2D eigenvalue weighted by atomic mass is 10.1. The third-order valence-corrected chi connectivity index (χ3v) is 23.1. The van der Waals surface area contributed by atoms with E-state index < -0.39 is 0 Å². The van der Waals surface area contributed by atoms with E-state index in [9.17, 15) is 0 Å². The molecule has 0 N–H and O–H groups in total. The lowest BCUT2D eigenvalue weighted by molar-refractivity contribution is -0.0255. The number of ether oxygens (including phenoxy) is 7. The summed E-state index contributed by atoms with van der Waals surface area (Å²) in [6, 6.07) is 90.3. The van der Waals surface area contributed by atoms with E-state index in [4.69, 9.17) is 33.2 Å². The quantitative estimate of drug-likeness (QED) is 0.0848. The highest BCUT2D eigenvalue weighted by molar-refractivity contribution is 5.91. The molecule has 0 amide bonds. The Morgan fingerprint density at radius 2 is 0.527 bits per heavy atom. The van der Waals surface area contributed by atoms with Gasteiger partial charge in [-0.15, -0.1) is 0 Å². The predicted molar refractivity (Wildman–Crippen MR) is 465 cm³/mol. The molecule has 112 heavy (non-hydrogen) atoms. The highest BCUT2D eigenvalue weighted by atomic mass is 16.5. The Balaban J connectivity index is 0.000000122. The summed E-state index contributed by atoms with van der Waals surface area (Å²) in [7, 11) is 0. The van der Waals surface area contributed by atoms with Crippen LogP contribution in [0.2, 0.25) is 0 Å². The summed E-state index contributed by atoms with van der Waals surface area (Å²) in [6.45, 7) is 34.4. The first kappa shape index (κ1) is 82.8. The summed E-state index contributed by atoms with van der Waals surface area (Å²) < 4.78 is 42.5. The minimum atomic E-state index is 0.0878. The molecule has 18 rings (SSSR count). The molecule has 7 aliphatic rings. The van der Waals surface area contributed by atoms with Gasteiger partial charge in [0.1, 0.15) is 18.3 Å². The van der Waals surface area contributed by atoms with Crippen LogP contribution in [0.5, 0.6) is 0 Å². The Kier molecular flexibility index (Phi) is 29.2. The largest absolute Gasteiger partial charge is 0.371 e. The molecule has 0 saturated carbocycles.